The molecular weight excluding hydrogens is 220 g/mol. The quantitative estimate of drug-likeness (QED) is 0.706. The molecule has 0 aliphatic rings. The maximum atomic E-state index is 5.93. The molecule has 1 nitrogen and oxygen atoms in total. The largest absolute Gasteiger partial charge is 0.365 e. The van der Waals surface area contributed by atoms with E-state index >= 15 is 0 Å². The fourth-order valence-corrected chi connectivity index (χ4v) is 2.04. The monoisotopic (exact) mass is 238 g/mol. The van der Waals surface area contributed by atoms with Crippen LogP contribution in [0.4, 0.5) is 0 Å². The van der Waals surface area contributed by atoms with Crippen LogP contribution < -0.4 is 0 Å². The molecule has 92 valence electrons. The van der Waals surface area contributed by atoms with E-state index in [4.69, 9.17) is 4.74 Å². The Balaban J connectivity index is 2.37. The molecular formula is C17H18O. The van der Waals surface area contributed by atoms with Crippen LogP contribution >= 0.6 is 0 Å². The molecule has 0 amide bonds. The second kappa shape index (κ2) is 6.18. The smallest absolute Gasteiger partial charge is 0.108 e. The molecule has 2 aromatic rings. The molecule has 1 atom stereocenters. The van der Waals surface area contributed by atoms with E-state index in [0.717, 1.165) is 0 Å². The van der Waals surface area contributed by atoms with E-state index in [-0.39, 0.29) is 6.10 Å². The molecule has 0 fully saturated rings. The molecule has 2 aromatic carbocycles. The van der Waals surface area contributed by atoms with Crippen LogP contribution in [0.5, 0.6) is 0 Å². The average Bonchev–Trinajstić information content (AvgIpc) is 2.42. The van der Waals surface area contributed by atoms with Gasteiger partial charge in [0.05, 0.1) is 6.61 Å². The summed E-state index contributed by atoms with van der Waals surface area (Å²) in [5, 5.41) is 0. The Kier molecular flexibility index (Phi) is 4.32. The Morgan fingerprint density at radius 1 is 1.06 bits per heavy atom. The van der Waals surface area contributed by atoms with Gasteiger partial charge in [-0.25, -0.2) is 0 Å². The van der Waals surface area contributed by atoms with Crippen molar-refractivity contribution < 1.29 is 4.74 Å². The Morgan fingerprint density at radius 2 is 1.72 bits per heavy atom. The third kappa shape index (κ3) is 2.88. The van der Waals surface area contributed by atoms with Gasteiger partial charge in [0.15, 0.2) is 0 Å². The molecule has 0 saturated carbocycles. The zero-order valence-electron chi connectivity index (χ0n) is 10.7. The van der Waals surface area contributed by atoms with E-state index in [1.165, 1.54) is 16.7 Å². The van der Waals surface area contributed by atoms with Crippen molar-refractivity contribution in [2.45, 2.75) is 13.0 Å². The van der Waals surface area contributed by atoms with Gasteiger partial charge in [-0.2, -0.15) is 0 Å². The van der Waals surface area contributed by atoms with Gasteiger partial charge in [0.2, 0.25) is 0 Å². The topological polar surface area (TPSA) is 9.23 Å². The highest BCUT2D eigenvalue weighted by molar-refractivity contribution is 5.35. The second-order valence-electron chi connectivity index (χ2n) is 4.27. The van der Waals surface area contributed by atoms with Gasteiger partial charge in [-0.05, 0) is 23.6 Å². The molecule has 0 aliphatic heterocycles. The van der Waals surface area contributed by atoms with Crippen molar-refractivity contribution in [2.24, 2.45) is 0 Å². The van der Waals surface area contributed by atoms with Gasteiger partial charge in [-0.1, -0.05) is 60.7 Å². The van der Waals surface area contributed by atoms with Crippen molar-refractivity contribution in [3.63, 3.8) is 0 Å². The number of hydrogen-bond acceptors (Lipinski definition) is 1. The third-order valence-corrected chi connectivity index (χ3v) is 2.95. The first-order chi connectivity index (χ1) is 8.83. The van der Waals surface area contributed by atoms with Gasteiger partial charge in [0.1, 0.15) is 6.10 Å². The highest BCUT2D eigenvalue weighted by Crippen LogP contribution is 2.28. The van der Waals surface area contributed by atoms with Gasteiger partial charge < -0.3 is 4.74 Å². The Morgan fingerprint density at radius 3 is 2.39 bits per heavy atom. The van der Waals surface area contributed by atoms with E-state index < -0.39 is 0 Å². The minimum Gasteiger partial charge on any atom is -0.365 e. The summed E-state index contributed by atoms with van der Waals surface area (Å²) in [4.78, 5) is 0. The van der Waals surface area contributed by atoms with Crippen molar-refractivity contribution >= 4 is 0 Å². The Labute approximate surface area is 109 Å². The first-order valence-corrected chi connectivity index (χ1v) is 6.16. The summed E-state index contributed by atoms with van der Waals surface area (Å²) in [5.41, 5.74) is 3.63. The molecule has 2 rings (SSSR count). The van der Waals surface area contributed by atoms with E-state index in [1.807, 2.05) is 24.3 Å². The molecule has 0 heterocycles. The lowest BCUT2D eigenvalue weighted by Crippen LogP contribution is -2.07. The van der Waals surface area contributed by atoms with E-state index in [2.05, 4.69) is 43.8 Å². The molecule has 0 bridgehead atoms. The van der Waals surface area contributed by atoms with Crippen LogP contribution in [0.3, 0.4) is 0 Å². The van der Waals surface area contributed by atoms with E-state index in [1.54, 1.807) is 6.08 Å². The minimum atomic E-state index is -0.0228. The first kappa shape index (κ1) is 12.6. The van der Waals surface area contributed by atoms with Crippen molar-refractivity contribution in [3.05, 3.63) is 83.9 Å². The minimum absolute atomic E-state index is 0.0228. The van der Waals surface area contributed by atoms with Crippen LogP contribution in [-0.2, 0) is 4.74 Å². The fourth-order valence-electron chi connectivity index (χ4n) is 2.04. The molecule has 0 N–H and O–H groups in total. The summed E-state index contributed by atoms with van der Waals surface area (Å²) in [7, 11) is 0. The van der Waals surface area contributed by atoms with Gasteiger partial charge in [-0.15, -0.1) is 6.58 Å². The van der Waals surface area contributed by atoms with Gasteiger partial charge in [0.25, 0.3) is 0 Å². The van der Waals surface area contributed by atoms with Crippen LogP contribution in [0.2, 0.25) is 0 Å². The number of hydrogen-bond donors (Lipinski definition) is 0. The Hall–Kier alpha value is -1.86. The predicted octanol–water partition coefficient (Wildman–Crippen LogP) is 4.29. The van der Waals surface area contributed by atoms with Crippen LogP contribution in [0.25, 0.3) is 0 Å². The lowest BCUT2D eigenvalue weighted by molar-refractivity contribution is 0.104. The summed E-state index contributed by atoms with van der Waals surface area (Å²) in [6.07, 6.45) is 1.76. The maximum absolute atomic E-state index is 5.93. The molecule has 1 heteroatoms. The van der Waals surface area contributed by atoms with E-state index in [0.29, 0.717) is 6.61 Å². The molecule has 0 aliphatic carbocycles. The standard InChI is InChI=1S/C17H18O/c1-3-13-18-17(15-10-5-4-6-11-15)16-12-8-7-9-14(16)2/h3-12,17H,1,13H2,2H3/t17-/m0/s1. The second-order valence-corrected chi connectivity index (χ2v) is 4.27. The van der Waals surface area contributed by atoms with Crippen LogP contribution in [0.1, 0.15) is 22.8 Å². The summed E-state index contributed by atoms with van der Waals surface area (Å²) in [6.45, 7) is 6.38. The summed E-state index contributed by atoms with van der Waals surface area (Å²) in [6, 6.07) is 18.6. The van der Waals surface area contributed by atoms with Crippen LogP contribution in [0.15, 0.2) is 67.3 Å². The fraction of sp³-hybridized carbons (Fsp3) is 0.176. The van der Waals surface area contributed by atoms with Crippen LogP contribution in [0, 0.1) is 6.92 Å². The molecule has 18 heavy (non-hydrogen) atoms. The zero-order chi connectivity index (χ0) is 12.8. The molecule has 0 saturated heterocycles. The molecule has 0 aromatic heterocycles. The third-order valence-electron chi connectivity index (χ3n) is 2.95. The normalized spacial score (nSPS) is 12.1. The zero-order valence-corrected chi connectivity index (χ0v) is 10.7. The number of aryl methyl sites for hydroxylation is 1. The van der Waals surface area contributed by atoms with Crippen LogP contribution in [-0.4, -0.2) is 6.61 Å². The summed E-state index contributed by atoms with van der Waals surface area (Å²) in [5.74, 6) is 0. The molecule has 0 spiro atoms. The molecule has 0 radical (unpaired) electrons. The van der Waals surface area contributed by atoms with Crippen molar-refractivity contribution in [1.82, 2.24) is 0 Å². The highest BCUT2D eigenvalue weighted by Gasteiger charge is 2.15. The SMILES string of the molecule is C=CCO[C@@H](c1ccccc1)c1ccccc1C. The average molecular weight is 238 g/mol. The maximum Gasteiger partial charge on any atom is 0.108 e. The first-order valence-electron chi connectivity index (χ1n) is 6.16. The predicted molar refractivity (Wildman–Crippen MR) is 75.6 cm³/mol. The summed E-state index contributed by atoms with van der Waals surface area (Å²) >= 11 is 0. The van der Waals surface area contributed by atoms with Crippen molar-refractivity contribution in [1.29, 1.82) is 0 Å². The highest BCUT2D eigenvalue weighted by atomic mass is 16.5. The van der Waals surface area contributed by atoms with E-state index in [9.17, 15) is 0 Å². The van der Waals surface area contributed by atoms with Gasteiger partial charge in [0, 0.05) is 0 Å². The number of benzene rings is 2. The summed E-state index contributed by atoms with van der Waals surface area (Å²) < 4.78 is 5.93. The molecule has 0 unspecified atom stereocenters. The number of ether oxygens (including phenoxy) is 1. The number of rotatable bonds is 5. The lowest BCUT2D eigenvalue weighted by Gasteiger charge is -2.20. The van der Waals surface area contributed by atoms with Crippen molar-refractivity contribution in [3.8, 4) is 0 Å². The Bertz CT molecular complexity index is 502. The lowest BCUT2D eigenvalue weighted by atomic mass is 9.97. The van der Waals surface area contributed by atoms with Crippen molar-refractivity contribution in [2.75, 3.05) is 6.61 Å². The van der Waals surface area contributed by atoms with Gasteiger partial charge in [-0.3, -0.25) is 0 Å². The van der Waals surface area contributed by atoms with Gasteiger partial charge >= 0.3 is 0 Å².